The lowest BCUT2D eigenvalue weighted by molar-refractivity contribution is 0.00783. The number of aliphatic hydroxyl groups is 1. The quantitative estimate of drug-likeness (QED) is 0.505. The molecule has 33 heavy (non-hydrogen) atoms. The minimum absolute atomic E-state index is 0.0359. The molecule has 3 fully saturated rings. The van der Waals surface area contributed by atoms with E-state index in [0.29, 0.717) is 12.1 Å². The number of nitriles is 1. The van der Waals surface area contributed by atoms with Crippen molar-refractivity contribution in [3.63, 3.8) is 0 Å². The average Bonchev–Trinajstić information content (AvgIpc) is 3.01. The third kappa shape index (κ3) is 8.47. The summed E-state index contributed by atoms with van der Waals surface area (Å²) in [6.45, 7) is 5.78. The Hall–Kier alpha value is -2.40. The molecule has 6 nitrogen and oxygen atoms in total. The molecule has 1 aromatic carbocycles. The highest BCUT2D eigenvalue weighted by atomic mass is 19.1. The standard InChI is InChI=1S/C12H21NO2.C7H3F2NO.C6H12O/c1-12(2,3)15-11(14)13-9-5-4-6-10(13)8-7-9;8-5-1-4(3-10)2-6(9)7(5)11;7-6-4-2-1-3-5-6/h9-10H,4-8H2,1-3H3;1-2,11H;6-7H,1-5H2. The Kier molecular flexibility index (Phi) is 9.90. The van der Waals surface area contributed by atoms with Crippen LogP contribution in [0.5, 0.6) is 5.75 Å². The molecule has 2 atom stereocenters. The lowest BCUT2D eigenvalue weighted by Gasteiger charge is -2.35. The van der Waals surface area contributed by atoms with Crippen LogP contribution >= 0.6 is 0 Å². The number of aliphatic hydroxyl groups excluding tert-OH is 1. The lowest BCUT2D eigenvalue weighted by Crippen LogP contribution is -2.46. The lowest BCUT2D eigenvalue weighted by atomic mass is 9.98. The van der Waals surface area contributed by atoms with Gasteiger partial charge in [-0.1, -0.05) is 19.3 Å². The first-order chi connectivity index (χ1) is 15.5. The molecule has 2 saturated heterocycles. The number of phenols is 1. The average molecular weight is 467 g/mol. The van der Waals surface area contributed by atoms with Crippen LogP contribution in [0.25, 0.3) is 0 Å². The van der Waals surface area contributed by atoms with Crippen molar-refractivity contribution in [2.45, 2.75) is 109 Å². The highest BCUT2D eigenvalue weighted by molar-refractivity contribution is 5.69. The third-order valence-corrected chi connectivity index (χ3v) is 6.02. The number of hydrogen-bond donors (Lipinski definition) is 2. The Morgan fingerprint density at radius 2 is 1.52 bits per heavy atom. The summed E-state index contributed by atoms with van der Waals surface area (Å²) in [6, 6.07) is 3.98. The molecule has 2 aliphatic heterocycles. The summed E-state index contributed by atoms with van der Waals surface area (Å²) in [5, 5.41) is 25.7. The molecule has 3 aliphatic rings. The topological polar surface area (TPSA) is 93.8 Å². The molecule has 0 aromatic heterocycles. The number of nitrogens with zero attached hydrogens (tertiary/aromatic N) is 2. The van der Waals surface area contributed by atoms with E-state index in [1.807, 2.05) is 25.7 Å². The number of phenolic OH excluding ortho intramolecular Hbond substituents is 1. The molecular formula is C25H36F2N2O4. The first-order valence-electron chi connectivity index (χ1n) is 11.8. The molecule has 1 saturated carbocycles. The first kappa shape index (κ1) is 26.8. The van der Waals surface area contributed by atoms with Crippen LogP contribution in [0.4, 0.5) is 13.6 Å². The smallest absolute Gasteiger partial charge is 0.410 e. The van der Waals surface area contributed by atoms with E-state index < -0.39 is 17.4 Å². The Labute approximate surface area is 195 Å². The van der Waals surface area contributed by atoms with E-state index in [-0.39, 0.29) is 23.4 Å². The van der Waals surface area contributed by atoms with Crippen molar-refractivity contribution in [3.05, 3.63) is 29.3 Å². The highest BCUT2D eigenvalue weighted by Crippen LogP contribution is 2.36. The molecule has 1 aromatic rings. The summed E-state index contributed by atoms with van der Waals surface area (Å²) in [6.07, 6.45) is 11.8. The second-order valence-corrected chi connectivity index (χ2v) is 9.90. The van der Waals surface area contributed by atoms with Gasteiger partial charge in [-0.05, 0) is 77.8 Å². The Balaban J connectivity index is 0.000000188. The second kappa shape index (κ2) is 12.2. The number of halogens is 2. The van der Waals surface area contributed by atoms with Gasteiger partial charge in [0.15, 0.2) is 17.4 Å². The van der Waals surface area contributed by atoms with Gasteiger partial charge >= 0.3 is 6.09 Å². The van der Waals surface area contributed by atoms with E-state index >= 15 is 0 Å². The van der Waals surface area contributed by atoms with E-state index in [0.717, 1.165) is 37.8 Å². The van der Waals surface area contributed by atoms with Crippen LogP contribution in [0.1, 0.15) is 90.5 Å². The maximum absolute atomic E-state index is 12.4. The summed E-state index contributed by atoms with van der Waals surface area (Å²) in [5.41, 5.74) is -0.522. The fourth-order valence-electron chi connectivity index (χ4n) is 4.44. The van der Waals surface area contributed by atoms with Crippen LogP contribution in [0, 0.1) is 23.0 Å². The molecular weight excluding hydrogens is 430 g/mol. The van der Waals surface area contributed by atoms with E-state index in [9.17, 15) is 13.6 Å². The van der Waals surface area contributed by atoms with Gasteiger partial charge in [0.2, 0.25) is 0 Å². The Morgan fingerprint density at radius 1 is 1.00 bits per heavy atom. The molecule has 0 spiro atoms. The van der Waals surface area contributed by atoms with Crippen LogP contribution in [-0.4, -0.2) is 45.0 Å². The van der Waals surface area contributed by atoms with Crippen molar-refractivity contribution in [1.82, 2.24) is 4.90 Å². The number of benzene rings is 1. The number of aromatic hydroxyl groups is 1. The maximum Gasteiger partial charge on any atom is 0.410 e. The van der Waals surface area contributed by atoms with Crippen molar-refractivity contribution in [2.75, 3.05) is 0 Å². The van der Waals surface area contributed by atoms with Gasteiger partial charge in [-0.25, -0.2) is 13.6 Å². The first-order valence-corrected chi connectivity index (χ1v) is 11.8. The molecule has 8 heteroatoms. The molecule has 1 aliphatic carbocycles. The van der Waals surface area contributed by atoms with Gasteiger partial charge in [-0.2, -0.15) is 5.26 Å². The number of rotatable bonds is 0. The van der Waals surface area contributed by atoms with Crippen LogP contribution in [-0.2, 0) is 4.74 Å². The molecule has 2 N–H and O–H groups in total. The Bertz CT molecular complexity index is 790. The van der Waals surface area contributed by atoms with Crippen LogP contribution in [0.3, 0.4) is 0 Å². The monoisotopic (exact) mass is 466 g/mol. The zero-order chi connectivity index (χ0) is 24.6. The predicted octanol–water partition coefficient (Wildman–Crippen LogP) is 5.79. The number of fused-ring (bicyclic) bond motifs is 2. The minimum atomic E-state index is -1.12. The van der Waals surface area contributed by atoms with Gasteiger partial charge in [0.1, 0.15) is 5.60 Å². The zero-order valence-electron chi connectivity index (χ0n) is 19.8. The van der Waals surface area contributed by atoms with Crippen LogP contribution in [0.15, 0.2) is 12.1 Å². The van der Waals surface area contributed by atoms with E-state index in [1.165, 1.54) is 38.5 Å². The van der Waals surface area contributed by atoms with E-state index in [2.05, 4.69) is 0 Å². The molecule has 4 rings (SSSR count). The fourth-order valence-corrected chi connectivity index (χ4v) is 4.44. The number of carbonyl (C=O) groups excluding carboxylic acids is 1. The molecule has 184 valence electrons. The summed E-state index contributed by atoms with van der Waals surface area (Å²) in [5.74, 6) is -3.30. The summed E-state index contributed by atoms with van der Waals surface area (Å²) in [7, 11) is 0. The van der Waals surface area contributed by atoms with Crippen molar-refractivity contribution >= 4 is 6.09 Å². The molecule has 1 amide bonds. The van der Waals surface area contributed by atoms with Gasteiger partial charge in [0.05, 0.1) is 17.7 Å². The Morgan fingerprint density at radius 3 is 1.91 bits per heavy atom. The molecule has 2 heterocycles. The molecule has 0 radical (unpaired) electrons. The van der Waals surface area contributed by atoms with E-state index in [4.69, 9.17) is 20.2 Å². The van der Waals surface area contributed by atoms with E-state index in [1.54, 1.807) is 6.07 Å². The van der Waals surface area contributed by atoms with Crippen molar-refractivity contribution in [3.8, 4) is 11.8 Å². The minimum Gasteiger partial charge on any atom is -0.503 e. The third-order valence-electron chi connectivity index (χ3n) is 6.02. The van der Waals surface area contributed by atoms with Gasteiger partial charge < -0.3 is 19.8 Å². The van der Waals surface area contributed by atoms with Gasteiger partial charge in [0, 0.05) is 12.1 Å². The zero-order valence-corrected chi connectivity index (χ0v) is 19.8. The number of carbonyl (C=O) groups is 1. The van der Waals surface area contributed by atoms with Crippen molar-refractivity contribution in [2.24, 2.45) is 0 Å². The summed E-state index contributed by atoms with van der Waals surface area (Å²) in [4.78, 5) is 14.0. The second-order valence-electron chi connectivity index (χ2n) is 9.90. The summed E-state index contributed by atoms with van der Waals surface area (Å²) < 4.78 is 30.2. The largest absolute Gasteiger partial charge is 0.503 e. The maximum atomic E-state index is 12.4. The number of amides is 1. The van der Waals surface area contributed by atoms with Gasteiger partial charge in [-0.15, -0.1) is 0 Å². The number of ether oxygens (including phenoxy) is 1. The normalized spacial score (nSPS) is 22.3. The number of hydrogen-bond acceptors (Lipinski definition) is 5. The van der Waals surface area contributed by atoms with Gasteiger partial charge in [0.25, 0.3) is 0 Å². The van der Waals surface area contributed by atoms with Crippen LogP contribution in [0.2, 0.25) is 0 Å². The fraction of sp³-hybridized carbons (Fsp3) is 0.680. The van der Waals surface area contributed by atoms with Crippen LogP contribution < -0.4 is 0 Å². The molecule has 2 bridgehead atoms. The molecule has 2 unspecified atom stereocenters. The van der Waals surface area contributed by atoms with Crippen molar-refractivity contribution < 1.29 is 28.5 Å². The number of piperidine rings is 1. The van der Waals surface area contributed by atoms with Crippen molar-refractivity contribution in [1.29, 1.82) is 5.26 Å². The highest BCUT2D eigenvalue weighted by Gasteiger charge is 2.41. The predicted molar refractivity (Wildman–Crippen MR) is 121 cm³/mol. The van der Waals surface area contributed by atoms with Gasteiger partial charge in [-0.3, -0.25) is 0 Å². The SMILES string of the molecule is CC(C)(C)OC(=O)N1C2CCCC1CC2.N#Cc1cc(F)c(O)c(F)c1.OC1CCCCC1. The summed E-state index contributed by atoms with van der Waals surface area (Å²) >= 11 is 0.